The van der Waals surface area contributed by atoms with Crippen molar-refractivity contribution in [1.29, 1.82) is 0 Å². The van der Waals surface area contributed by atoms with Gasteiger partial charge in [-0.05, 0) is 42.8 Å². The van der Waals surface area contributed by atoms with Crippen LogP contribution in [0.1, 0.15) is 26.7 Å². The van der Waals surface area contributed by atoms with Gasteiger partial charge in [-0.3, -0.25) is 14.7 Å². The first-order valence-corrected chi connectivity index (χ1v) is 12.1. The van der Waals surface area contributed by atoms with Crippen LogP contribution in [-0.2, 0) is 9.59 Å². The number of ether oxygens (including phenoxy) is 2. The molecule has 0 saturated carbocycles. The molecule has 5 aromatic rings. The van der Waals surface area contributed by atoms with Gasteiger partial charge in [0.1, 0.15) is 5.82 Å². The summed E-state index contributed by atoms with van der Waals surface area (Å²) in [6, 6.07) is 16.5. The fourth-order valence-electron chi connectivity index (χ4n) is 4.10. The summed E-state index contributed by atoms with van der Waals surface area (Å²) in [7, 11) is 1.50. The standard InChI is InChI=1S/C28H26N6O4/c1-4-6-26(36)30-19-8-5-7-17(11-19)27-32-23-14-24(37-3)25(38-16(2)35)13-21(23)28(33-27)31-20-9-10-22-18(12-20)15-29-34-22/h5,7-15H,4,6H2,1-3H3,(H,29,34)(H,30,36)(H,31,32,33). The highest BCUT2D eigenvalue weighted by atomic mass is 16.6. The van der Waals surface area contributed by atoms with Crippen molar-refractivity contribution >= 4 is 50.9 Å². The first-order chi connectivity index (χ1) is 18.4. The molecule has 192 valence electrons. The number of hydrogen-bond donors (Lipinski definition) is 3. The van der Waals surface area contributed by atoms with Crippen molar-refractivity contribution in [3.63, 3.8) is 0 Å². The largest absolute Gasteiger partial charge is 0.493 e. The Morgan fingerprint density at radius 2 is 1.87 bits per heavy atom. The highest BCUT2D eigenvalue weighted by molar-refractivity contribution is 5.96. The quantitative estimate of drug-likeness (QED) is 0.182. The summed E-state index contributed by atoms with van der Waals surface area (Å²) in [5.74, 6) is 1.05. The van der Waals surface area contributed by atoms with E-state index in [-0.39, 0.29) is 11.7 Å². The number of rotatable bonds is 8. The van der Waals surface area contributed by atoms with Crippen LogP contribution in [0, 0.1) is 0 Å². The van der Waals surface area contributed by atoms with Gasteiger partial charge in [-0.1, -0.05) is 19.1 Å². The van der Waals surface area contributed by atoms with Crippen LogP contribution < -0.4 is 20.1 Å². The molecule has 0 aliphatic carbocycles. The molecule has 0 fully saturated rings. The Balaban J connectivity index is 1.63. The van der Waals surface area contributed by atoms with Crippen molar-refractivity contribution in [3.05, 3.63) is 60.8 Å². The summed E-state index contributed by atoms with van der Waals surface area (Å²) >= 11 is 0. The summed E-state index contributed by atoms with van der Waals surface area (Å²) < 4.78 is 10.9. The molecule has 0 saturated heterocycles. The molecule has 0 aliphatic heterocycles. The number of carbonyl (C=O) groups is 2. The lowest BCUT2D eigenvalue weighted by molar-refractivity contribution is -0.132. The van der Waals surface area contributed by atoms with Gasteiger partial charge in [0.05, 0.1) is 24.3 Å². The molecule has 5 rings (SSSR count). The van der Waals surface area contributed by atoms with E-state index in [0.717, 1.165) is 28.6 Å². The molecule has 2 aromatic heterocycles. The molecule has 0 spiro atoms. The third kappa shape index (κ3) is 5.24. The highest BCUT2D eigenvalue weighted by Crippen LogP contribution is 2.37. The number of benzene rings is 3. The monoisotopic (exact) mass is 510 g/mol. The maximum Gasteiger partial charge on any atom is 0.308 e. The van der Waals surface area contributed by atoms with E-state index in [0.29, 0.717) is 40.4 Å². The SMILES string of the molecule is CCCC(=O)Nc1cccc(-c2nc(Nc3ccc4[nH]ncc4c3)c3cc(OC(C)=O)c(OC)cc3n2)c1. The van der Waals surface area contributed by atoms with E-state index in [2.05, 4.69) is 20.8 Å². The number of hydrogen-bond acceptors (Lipinski definition) is 8. The summed E-state index contributed by atoms with van der Waals surface area (Å²) in [4.78, 5) is 33.5. The maximum atomic E-state index is 12.1. The number of fused-ring (bicyclic) bond motifs is 2. The second kappa shape index (κ2) is 10.6. The molecule has 10 heteroatoms. The van der Waals surface area contributed by atoms with Gasteiger partial charge in [-0.25, -0.2) is 9.97 Å². The van der Waals surface area contributed by atoms with E-state index in [1.165, 1.54) is 14.0 Å². The van der Waals surface area contributed by atoms with Crippen molar-refractivity contribution in [2.45, 2.75) is 26.7 Å². The molecule has 3 aromatic carbocycles. The summed E-state index contributed by atoms with van der Waals surface area (Å²) in [6.07, 6.45) is 2.94. The number of aromatic amines is 1. The van der Waals surface area contributed by atoms with Gasteiger partial charge in [0.2, 0.25) is 5.91 Å². The minimum absolute atomic E-state index is 0.0520. The molecule has 3 N–H and O–H groups in total. The van der Waals surface area contributed by atoms with Gasteiger partial charge in [-0.15, -0.1) is 0 Å². The molecule has 1 amide bonds. The van der Waals surface area contributed by atoms with Crippen LogP contribution in [0.2, 0.25) is 0 Å². The van der Waals surface area contributed by atoms with E-state index in [1.807, 2.05) is 49.4 Å². The van der Waals surface area contributed by atoms with E-state index >= 15 is 0 Å². The average Bonchev–Trinajstić information content (AvgIpc) is 3.36. The smallest absolute Gasteiger partial charge is 0.308 e. The Labute approximate surface area is 218 Å². The molecule has 38 heavy (non-hydrogen) atoms. The molecule has 10 nitrogen and oxygen atoms in total. The zero-order valence-electron chi connectivity index (χ0n) is 21.2. The molecule has 0 unspecified atom stereocenters. The predicted octanol–water partition coefficient (Wildman–Crippen LogP) is 5.59. The molecule has 0 aliphatic rings. The number of H-pyrrole nitrogens is 1. The Kier molecular flexibility index (Phi) is 6.86. The van der Waals surface area contributed by atoms with Gasteiger partial charge in [0.25, 0.3) is 0 Å². The van der Waals surface area contributed by atoms with Crippen LogP contribution in [0.4, 0.5) is 17.2 Å². The molecule has 0 radical (unpaired) electrons. The predicted molar refractivity (Wildman–Crippen MR) is 146 cm³/mol. The van der Waals surface area contributed by atoms with E-state index in [4.69, 9.17) is 19.4 Å². The number of nitrogens with one attached hydrogen (secondary N) is 3. The maximum absolute atomic E-state index is 12.1. The third-order valence-electron chi connectivity index (χ3n) is 5.82. The van der Waals surface area contributed by atoms with E-state index < -0.39 is 5.97 Å². The Morgan fingerprint density at radius 3 is 2.66 bits per heavy atom. The number of esters is 1. The molecular weight excluding hydrogens is 484 g/mol. The average molecular weight is 511 g/mol. The molecular formula is C28H26N6O4. The van der Waals surface area contributed by atoms with Crippen LogP contribution in [0.3, 0.4) is 0 Å². The van der Waals surface area contributed by atoms with Crippen molar-refractivity contribution in [2.75, 3.05) is 17.7 Å². The Morgan fingerprint density at radius 1 is 1.00 bits per heavy atom. The fraction of sp³-hybridized carbons (Fsp3) is 0.179. The second-order valence-electron chi connectivity index (χ2n) is 8.69. The molecule has 0 atom stereocenters. The highest BCUT2D eigenvalue weighted by Gasteiger charge is 2.17. The number of anilines is 3. The van der Waals surface area contributed by atoms with Crippen LogP contribution in [0.5, 0.6) is 11.5 Å². The summed E-state index contributed by atoms with van der Waals surface area (Å²) in [5, 5.41) is 14.9. The first-order valence-electron chi connectivity index (χ1n) is 12.1. The van der Waals surface area contributed by atoms with Gasteiger partial charge in [0.15, 0.2) is 17.3 Å². The molecule has 0 bridgehead atoms. The normalized spacial score (nSPS) is 10.9. The number of methoxy groups -OCH3 is 1. The zero-order chi connectivity index (χ0) is 26.6. The van der Waals surface area contributed by atoms with Crippen LogP contribution in [-0.4, -0.2) is 39.2 Å². The lowest BCUT2D eigenvalue weighted by Crippen LogP contribution is -2.10. The Hall–Kier alpha value is -4.99. The van der Waals surface area contributed by atoms with Crippen molar-refractivity contribution in [2.24, 2.45) is 0 Å². The van der Waals surface area contributed by atoms with Gasteiger partial charge < -0.3 is 20.1 Å². The molecule has 2 heterocycles. The third-order valence-corrected chi connectivity index (χ3v) is 5.82. The van der Waals surface area contributed by atoms with Gasteiger partial charge in [-0.2, -0.15) is 5.10 Å². The minimum atomic E-state index is -0.470. The number of amides is 1. The number of carbonyl (C=O) groups excluding carboxylic acids is 2. The van der Waals surface area contributed by atoms with Crippen LogP contribution in [0.15, 0.2) is 60.8 Å². The lowest BCUT2D eigenvalue weighted by Gasteiger charge is -2.15. The minimum Gasteiger partial charge on any atom is -0.493 e. The summed E-state index contributed by atoms with van der Waals surface area (Å²) in [6.45, 7) is 3.29. The van der Waals surface area contributed by atoms with Crippen LogP contribution >= 0.6 is 0 Å². The van der Waals surface area contributed by atoms with E-state index in [1.54, 1.807) is 18.3 Å². The van der Waals surface area contributed by atoms with Crippen LogP contribution in [0.25, 0.3) is 33.2 Å². The first kappa shape index (κ1) is 24.7. The zero-order valence-corrected chi connectivity index (χ0v) is 21.2. The van der Waals surface area contributed by atoms with Crippen molar-refractivity contribution < 1.29 is 19.1 Å². The second-order valence-corrected chi connectivity index (χ2v) is 8.69. The van der Waals surface area contributed by atoms with Crippen molar-refractivity contribution in [3.8, 4) is 22.9 Å². The van der Waals surface area contributed by atoms with Gasteiger partial charge >= 0.3 is 5.97 Å². The fourth-order valence-corrected chi connectivity index (χ4v) is 4.10. The number of nitrogens with zero attached hydrogens (tertiary/aromatic N) is 3. The number of aromatic nitrogens is 4. The Bertz CT molecular complexity index is 1660. The van der Waals surface area contributed by atoms with Gasteiger partial charge in [0, 0.05) is 47.1 Å². The lowest BCUT2D eigenvalue weighted by atomic mass is 10.1. The van der Waals surface area contributed by atoms with Crippen molar-refractivity contribution in [1.82, 2.24) is 20.2 Å². The topological polar surface area (TPSA) is 131 Å². The summed E-state index contributed by atoms with van der Waals surface area (Å²) in [5.41, 5.74) is 3.66. The van der Waals surface area contributed by atoms with E-state index in [9.17, 15) is 9.59 Å².